The van der Waals surface area contributed by atoms with Crippen molar-refractivity contribution in [3.05, 3.63) is 59.1 Å². The summed E-state index contributed by atoms with van der Waals surface area (Å²) in [7, 11) is 4.07. The summed E-state index contributed by atoms with van der Waals surface area (Å²) < 4.78 is 0. The van der Waals surface area contributed by atoms with Crippen molar-refractivity contribution in [2.75, 3.05) is 30.9 Å². The number of benzene rings is 2. The van der Waals surface area contributed by atoms with Crippen LogP contribution in [0.5, 0.6) is 0 Å². The van der Waals surface area contributed by atoms with Crippen LogP contribution >= 0.6 is 11.6 Å². The average molecular weight is 289 g/mol. The molecular weight excluding hydrogens is 268 g/mol. The van der Waals surface area contributed by atoms with Crippen molar-refractivity contribution in [3.8, 4) is 0 Å². The molecule has 1 atom stereocenters. The van der Waals surface area contributed by atoms with Gasteiger partial charge in [-0.25, -0.2) is 0 Å². The van der Waals surface area contributed by atoms with Gasteiger partial charge in [-0.05, 0) is 29.7 Å². The van der Waals surface area contributed by atoms with E-state index in [0.717, 1.165) is 22.9 Å². The van der Waals surface area contributed by atoms with Gasteiger partial charge in [0.25, 0.3) is 0 Å². The Morgan fingerprint density at radius 3 is 2.45 bits per heavy atom. The lowest BCUT2D eigenvalue weighted by atomic mass is 10.0. The minimum Gasteiger partial charge on any atom is -0.383 e. The Morgan fingerprint density at radius 2 is 1.80 bits per heavy atom. The summed E-state index contributed by atoms with van der Waals surface area (Å²) in [5, 5.41) is 4.26. The molecule has 0 amide bonds. The fourth-order valence-electron chi connectivity index (χ4n) is 2.20. The summed E-state index contributed by atoms with van der Waals surface area (Å²) in [4.78, 5) is 2.09. The Balaban J connectivity index is 2.09. The van der Waals surface area contributed by atoms with Gasteiger partial charge in [0.2, 0.25) is 0 Å². The fourth-order valence-corrected chi connectivity index (χ4v) is 2.37. The highest BCUT2D eigenvalue weighted by Gasteiger charge is 2.08. The quantitative estimate of drug-likeness (QED) is 0.863. The van der Waals surface area contributed by atoms with Gasteiger partial charge < -0.3 is 10.2 Å². The van der Waals surface area contributed by atoms with Crippen LogP contribution in [0.1, 0.15) is 18.4 Å². The second kappa shape index (κ2) is 6.67. The number of hydrogen-bond donors (Lipinski definition) is 1. The molecule has 0 heterocycles. The van der Waals surface area contributed by atoms with Gasteiger partial charge >= 0.3 is 0 Å². The largest absolute Gasteiger partial charge is 0.383 e. The Morgan fingerprint density at radius 1 is 1.10 bits per heavy atom. The maximum absolute atomic E-state index is 6.10. The van der Waals surface area contributed by atoms with Crippen LogP contribution in [0.2, 0.25) is 5.02 Å². The highest BCUT2D eigenvalue weighted by Crippen LogP contribution is 2.28. The number of anilines is 2. The van der Waals surface area contributed by atoms with Crippen molar-refractivity contribution in [3.63, 3.8) is 0 Å². The van der Waals surface area contributed by atoms with Crippen molar-refractivity contribution in [1.29, 1.82) is 0 Å². The fraction of sp³-hybridized carbons (Fsp3) is 0.294. The van der Waals surface area contributed by atoms with Gasteiger partial charge in [-0.2, -0.15) is 0 Å². The Bertz CT molecular complexity index is 552. The first-order valence-corrected chi connectivity index (χ1v) is 7.21. The van der Waals surface area contributed by atoms with E-state index in [0.29, 0.717) is 5.92 Å². The SMILES string of the molecule is CC(CNc1cc(Cl)ccc1N(C)C)c1ccccc1. The van der Waals surface area contributed by atoms with Gasteiger partial charge in [0.1, 0.15) is 0 Å². The van der Waals surface area contributed by atoms with Crippen LogP contribution in [0.3, 0.4) is 0 Å². The molecule has 0 saturated heterocycles. The van der Waals surface area contributed by atoms with Crippen LogP contribution in [-0.4, -0.2) is 20.6 Å². The summed E-state index contributed by atoms with van der Waals surface area (Å²) in [5.41, 5.74) is 3.56. The normalized spacial score (nSPS) is 12.0. The van der Waals surface area contributed by atoms with E-state index in [1.54, 1.807) is 0 Å². The Hall–Kier alpha value is -1.67. The molecular formula is C17H21ClN2. The van der Waals surface area contributed by atoms with Crippen LogP contribution in [0, 0.1) is 0 Å². The molecule has 0 fully saturated rings. The van der Waals surface area contributed by atoms with Crippen LogP contribution in [0.4, 0.5) is 11.4 Å². The second-order valence-corrected chi connectivity index (χ2v) is 5.68. The molecule has 2 aromatic carbocycles. The summed E-state index contributed by atoms with van der Waals surface area (Å²) in [6, 6.07) is 16.5. The van der Waals surface area contributed by atoms with E-state index in [2.05, 4.69) is 41.4 Å². The van der Waals surface area contributed by atoms with Gasteiger partial charge in [-0.15, -0.1) is 0 Å². The topological polar surface area (TPSA) is 15.3 Å². The summed E-state index contributed by atoms with van der Waals surface area (Å²) in [6.07, 6.45) is 0. The molecule has 2 nitrogen and oxygen atoms in total. The highest BCUT2D eigenvalue weighted by atomic mass is 35.5. The molecule has 106 valence electrons. The zero-order valence-corrected chi connectivity index (χ0v) is 13.0. The summed E-state index contributed by atoms with van der Waals surface area (Å²) >= 11 is 6.10. The number of rotatable bonds is 5. The van der Waals surface area contributed by atoms with E-state index in [9.17, 15) is 0 Å². The molecule has 0 aromatic heterocycles. The third-order valence-corrected chi connectivity index (χ3v) is 3.64. The molecule has 0 aliphatic heterocycles. The van der Waals surface area contributed by atoms with Gasteiger partial charge in [0, 0.05) is 25.7 Å². The number of halogens is 1. The monoisotopic (exact) mass is 288 g/mol. The Kier molecular flexibility index (Phi) is 4.91. The van der Waals surface area contributed by atoms with E-state index in [1.807, 2.05) is 38.4 Å². The van der Waals surface area contributed by atoms with Crippen LogP contribution in [0.15, 0.2) is 48.5 Å². The predicted molar refractivity (Wildman–Crippen MR) is 89.1 cm³/mol. The highest BCUT2D eigenvalue weighted by molar-refractivity contribution is 6.31. The van der Waals surface area contributed by atoms with Crippen molar-refractivity contribution in [2.45, 2.75) is 12.8 Å². The van der Waals surface area contributed by atoms with Gasteiger partial charge in [-0.3, -0.25) is 0 Å². The molecule has 0 radical (unpaired) electrons. The molecule has 0 aliphatic rings. The van der Waals surface area contributed by atoms with E-state index < -0.39 is 0 Å². The average Bonchev–Trinajstić information content (AvgIpc) is 2.45. The minimum absolute atomic E-state index is 0.449. The van der Waals surface area contributed by atoms with Crippen LogP contribution in [-0.2, 0) is 0 Å². The standard InChI is InChI=1S/C17H21ClN2/c1-13(14-7-5-4-6-8-14)12-19-16-11-15(18)9-10-17(16)20(2)3/h4-11,13,19H,12H2,1-3H3. The lowest BCUT2D eigenvalue weighted by molar-refractivity contribution is 0.804. The predicted octanol–water partition coefficient (Wildman–Crippen LogP) is 4.62. The Labute approximate surface area is 126 Å². The van der Waals surface area contributed by atoms with Crippen LogP contribution < -0.4 is 10.2 Å². The minimum atomic E-state index is 0.449. The third kappa shape index (κ3) is 3.67. The van der Waals surface area contributed by atoms with Crippen molar-refractivity contribution in [1.82, 2.24) is 0 Å². The summed E-state index contributed by atoms with van der Waals surface area (Å²) in [6.45, 7) is 3.10. The molecule has 0 spiro atoms. The first-order valence-electron chi connectivity index (χ1n) is 6.83. The molecule has 2 rings (SSSR count). The molecule has 1 N–H and O–H groups in total. The summed E-state index contributed by atoms with van der Waals surface area (Å²) in [5.74, 6) is 0.449. The molecule has 0 bridgehead atoms. The van der Waals surface area contributed by atoms with E-state index in [1.165, 1.54) is 5.56 Å². The van der Waals surface area contributed by atoms with Crippen molar-refractivity contribution < 1.29 is 0 Å². The van der Waals surface area contributed by atoms with Crippen molar-refractivity contribution >= 4 is 23.0 Å². The molecule has 2 aromatic rings. The smallest absolute Gasteiger partial charge is 0.0597 e. The van der Waals surface area contributed by atoms with E-state index in [-0.39, 0.29) is 0 Å². The second-order valence-electron chi connectivity index (χ2n) is 5.25. The van der Waals surface area contributed by atoms with Crippen molar-refractivity contribution in [2.24, 2.45) is 0 Å². The van der Waals surface area contributed by atoms with Gasteiger partial charge in [0.05, 0.1) is 11.4 Å². The first kappa shape index (κ1) is 14.7. The maximum atomic E-state index is 6.10. The molecule has 20 heavy (non-hydrogen) atoms. The molecule has 1 unspecified atom stereocenters. The number of hydrogen-bond acceptors (Lipinski definition) is 2. The lowest BCUT2D eigenvalue weighted by Crippen LogP contribution is -2.15. The molecule has 0 saturated carbocycles. The maximum Gasteiger partial charge on any atom is 0.0597 e. The number of nitrogens with one attached hydrogen (secondary N) is 1. The molecule has 3 heteroatoms. The van der Waals surface area contributed by atoms with E-state index in [4.69, 9.17) is 11.6 Å². The van der Waals surface area contributed by atoms with Crippen LogP contribution in [0.25, 0.3) is 0 Å². The molecule has 0 aliphatic carbocycles. The first-order chi connectivity index (χ1) is 9.58. The third-order valence-electron chi connectivity index (χ3n) is 3.41. The zero-order chi connectivity index (χ0) is 14.5. The lowest BCUT2D eigenvalue weighted by Gasteiger charge is -2.20. The van der Waals surface area contributed by atoms with Gasteiger partial charge in [-0.1, -0.05) is 48.9 Å². The zero-order valence-electron chi connectivity index (χ0n) is 12.2. The number of nitrogens with zero attached hydrogens (tertiary/aromatic N) is 1. The van der Waals surface area contributed by atoms with E-state index >= 15 is 0 Å². The van der Waals surface area contributed by atoms with Gasteiger partial charge in [0.15, 0.2) is 0 Å².